The molecule has 0 aliphatic rings. The summed E-state index contributed by atoms with van der Waals surface area (Å²) in [6.07, 6.45) is 3.18. The Kier molecular flexibility index (Phi) is 6.61. The molecule has 0 aliphatic heterocycles. The lowest BCUT2D eigenvalue weighted by Crippen LogP contribution is -2.36. The lowest BCUT2D eigenvalue weighted by Gasteiger charge is -2.13. The molecule has 154 valence electrons. The smallest absolute Gasteiger partial charge is 0.269 e. The highest BCUT2D eigenvalue weighted by atomic mass is 35.5. The molecule has 0 spiro atoms. The number of hydrazine groups is 1. The van der Waals surface area contributed by atoms with E-state index < -0.39 is 15.9 Å². The molecule has 1 amide bonds. The van der Waals surface area contributed by atoms with Crippen LogP contribution in [0.2, 0.25) is 10.0 Å². The van der Waals surface area contributed by atoms with Gasteiger partial charge in [0.25, 0.3) is 15.9 Å². The minimum absolute atomic E-state index is 0.0414. The average molecular weight is 463 g/mol. The maximum absolute atomic E-state index is 12.8. The van der Waals surface area contributed by atoms with Crippen molar-refractivity contribution in [2.75, 3.05) is 4.72 Å². The van der Waals surface area contributed by atoms with E-state index in [-0.39, 0.29) is 26.2 Å². The summed E-state index contributed by atoms with van der Waals surface area (Å²) in [5, 5.41) is 0.185. The molecule has 0 saturated heterocycles. The van der Waals surface area contributed by atoms with Gasteiger partial charge in [-0.05, 0) is 42.5 Å². The third-order valence-corrected chi connectivity index (χ3v) is 6.13. The number of nitrogens with zero attached hydrogens (tertiary/aromatic N) is 1. The highest BCUT2D eigenvalue weighted by Crippen LogP contribution is 2.28. The fourth-order valence-electron chi connectivity index (χ4n) is 2.42. The third-order valence-electron chi connectivity index (χ3n) is 3.96. The second-order valence-electron chi connectivity index (χ2n) is 6.02. The molecular formula is C20H16Cl2N4O3S. The SMILES string of the molecule is C=C(NNC(=O)c1ccc(Cl)c(S(=O)(=O)Nc2ccccc2Cl)c1)c1ccncc1. The van der Waals surface area contributed by atoms with Gasteiger partial charge < -0.3 is 0 Å². The molecule has 0 radical (unpaired) electrons. The van der Waals surface area contributed by atoms with Crippen molar-refractivity contribution in [3.8, 4) is 0 Å². The predicted octanol–water partition coefficient (Wildman–Crippen LogP) is 4.09. The molecule has 0 atom stereocenters. The molecule has 3 aromatic rings. The van der Waals surface area contributed by atoms with E-state index in [4.69, 9.17) is 23.2 Å². The molecule has 0 aliphatic carbocycles. The molecule has 10 heteroatoms. The van der Waals surface area contributed by atoms with Gasteiger partial charge in [-0.25, -0.2) is 8.42 Å². The van der Waals surface area contributed by atoms with Crippen LogP contribution in [0.25, 0.3) is 5.70 Å². The first-order chi connectivity index (χ1) is 14.3. The number of rotatable bonds is 7. The Bertz CT molecular complexity index is 1200. The quantitative estimate of drug-likeness (QED) is 0.459. The fraction of sp³-hybridized carbons (Fsp3) is 0. The van der Waals surface area contributed by atoms with E-state index in [1.54, 1.807) is 42.7 Å². The lowest BCUT2D eigenvalue weighted by atomic mass is 10.2. The zero-order chi connectivity index (χ0) is 21.7. The van der Waals surface area contributed by atoms with E-state index in [0.29, 0.717) is 5.70 Å². The van der Waals surface area contributed by atoms with Crippen LogP contribution in [-0.2, 0) is 10.0 Å². The largest absolute Gasteiger partial charge is 0.298 e. The van der Waals surface area contributed by atoms with Crippen LogP contribution in [0.15, 0.2) is 78.5 Å². The monoisotopic (exact) mass is 462 g/mol. The van der Waals surface area contributed by atoms with E-state index in [0.717, 1.165) is 5.56 Å². The van der Waals surface area contributed by atoms with Gasteiger partial charge in [0, 0.05) is 23.5 Å². The topological polar surface area (TPSA) is 100 Å². The number of sulfonamides is 1. The number of aromatic nitrogens is 1. The van der Waals surface area contributed by atoms with Crippen molar-refractivity contribution in [3.05, 3.63) is 94.7 Å². The van der Waals surface area contributed by atoms with Crippen LogP contribution in [0.5, 0.6) is 0 Å². The van der Waals surface area contributed by atoms with Crippen LogP contribution >= 0.6 is 23.2 Å². The summed E-state index contributed by atoms with van der Waals surface area (Å²) in [6.45, 7) is 3.82. The highest BCUT2D eigenvalue weighted by Gasteiger charge is 2.21. The lowest BCUT2D eigenvalue weighted by molar-refractivity contribution is 0.0942. The van der Waals surface area contributed by atoms with E-state index in [1.165, 1.54) is 24.3 Å². The molecule has 0 unspecified atom stereocenters. The molecular weight excluding hydrogens is 447 g/mol. The number of hydrogen-bond acceptors (Lipinski definition) is 5. The first-order valence-electron chi connectivity index (χ1n) is 8.50. The number of nitrogens with one attached hydrogen (secondary N) is 3. The van der Waals surface area contributed by atoms with Gasteiger partial charge in [-0.15, -0.1) is 0 Å². The van der Waals surface area contributed by atoms with Crippen LogP contribution in [0.3, 0.4) is 0 Å². The van der Waals surface area contributed by atoms with Gasteiger partial charge in [0.2, 0.25) is 0 Å². The molecule has 1 aromatic heterocycles. The second kappa shape index (κ2) is 9.17. The van der Waals surface area contributed by atoms with Gasteiger partial charge in [0.05, 0.1) is 21.4 Å². The first-order valence-corrected chi connectivity index (χ1v) is 10.7. The van der Waals surface area contributed by atoms with Gasteiger partial charge in [-0.3, -0.25) is 25.4 Å². The summed E-state index contributed by atoms with van der Waals surface area (Å²) in [5.74, 6) is -0.573. The number of para-hydroxylation sites is 1. The van der Waals surface area contributed by atoms with Gasteiger partial charge in [0.1, 0.15) is 4.90 Å². The van der Waals surface area contributed by atoms with Crippen molar-refractivity contribution in [2.24, 2.45) is 0 Å². The Hall–Kier alpha value is -3.07. The first kappa shape index (κ1) is 21.6. The van der Waals surface area contributed by atoms with E-state index >= 15 is 0 Å². The molecule has 1 heterocycles. The number of hydrogen-bond donors (Lipinski definition) is 3. The summed E-state index contributed by atoms with van der Waals surface area (Å²) in [6, 6.07) is 13.7. The summed E-state index contributed by atoms with van der Waals surface area (Å²) in [7, 11) is -4.09. The number of carbonyl (C=O) groups is 1. The Labute approximate surface area is 183 Å². The van der Waals surface area contributed by atoms with Crippen LogP contribution in [-0.4, -0.2) is 19.3 Å². The van der Waals surface area contributed by atoms with Gasteiger partial charge in [0.15, 0.2) is 0 Å². The van der Waals surface area contributed by atoms with Gasteiger partial charge in [-0.2, -0.15) is 0 Å². The normalized spacial score (nSPS) is 10.9. The molecule has 2 aromatic carbocycles. The Morgan fingerprint density at radius 3 is 2.30 bits per heavy atom. The summed E-state index contributed by atoms with van der Waals surface area (Å²) < 4.78 is 27.9. The molecule has 0 bridgehead atoms. The van der Waals surface area contributed by atoms with E-state index in [9.17, 15) is 13.2 Å². The minimum atomic E-state index is -4.09. The zero-order valence-corrected chi connectivity index (χ0v) is 17.7. The zero-order valence-electron chi connectivity index (χ0n) is 15.4. The minimum Gasteiger partial charge on any atom is -0.298 e. The molecule has 30 heavy (non-hydrogen) atoms. The number of anilines is 1. The predicted molar refractivity (Wildman–Crippen MR) is 118 cm³/mol. The third kappa shape index (κ3) is 5.10. The highest BCUT2D eigenvalue weighted by molar-refractivity contribution is 7.92. The maximum Gasteiger partial charge on any atom is 0.269 e. The number of pyridine rings is 1. The number of amides is 1. The van der Waals surface area contributed by atoms with Crippen molar-refractivity contribution >= 4 is 50.5 Å². The molecule has 7 nitrogen and oxygen atoms in total. The summed E-state index contributed by atoms with van der Waals surface area (Å²) in [5.41, 5.74) is 6.59. The molecule has 0 fully saturated rings. The maximum atomic E-state index is 12.8. The van der Waals surface area contributed by atoms with Crippen molar-refractivity contribution < 1.29 is 13.2 Å². The average Bonchev–Trinajstić information content (AvgIpc) is 2.74. The Morgan fingerprint density at radius 1 is 0.900 bits per heavy atom. The number of carbonyl (C=O) groups excluding carboxylic acids is 1. The van der Waals surface area contributed by atoms with Crippen LogP contribution in [0, 0.1) is 0 Å². The van der Waals surface area contributed by atoms with E-state index in [2.05, 4.69) is 27.1 Å². The molecule has 3 N–H and O–H groups in total. The van der Waals surface area contributed by atoms with Crippen LogP contribution < -0.4 is 15.6 Å². The van der Waals surface area contributed by atoms with Crippen molar-refractivity contribution in [1.82, 2.24) is 15.8 Å². The van der Waals surface area contributed by atoms with Gasteiger partial charge >= 0.3 is 0 Å². The van der Waals surface area contributed by atoms with Crippen LogP contribution in [0.1, 0.15) is 15.9 Å². The van der Waals surface area contributed by atoms with Crippen molar-refractivity contribution in [3.63, 3.8) is 0 Å². The molecule has 3 rings (SSSR count). The van der Waals surface area contributed by atoms with Crippen molar-refractivity contribution in [2.45, 2.75) is 4.90 Å². The number of halogens is 2. The van der Waals surface area contributed by atoms with Gasteiger partial charge in [-0.1, -0.05) is 41.9 Å². The number of benzene rings is 2. The Balaban J connectivity index is 1.78. The van der Waals surface area contributed by atoms with E-state index in [1.807, 2.05) is 0 Å². The summed E-state index contributed by atoms with van der Waals surface area (Å²) in [4.78, 5) is 16.1. The Morgan fingerprint density at radius 2 is 1.60 bits per heavy atom. The standard InChI is InChI=1S/C20H16Cl2N4O3S/c1-13(14-8-10-23-11-9-14)24-25-20(27)15-6-7-17(22)19(12-15)30(28,29)26-18-5-3-2-4-16(18)21/h2-12,24,26H,1H2,(H,25,27). The summed E-state index contributed by atoms with van der Waals surface area (Å²) >= 11 is 12.1. The second-order valence-corrected chi connectivity index (χ2v) is 8.49. The molecule has 0 saturated carbocycles. The van der Waals surface area contributed by atoms with Crippen molar-refractivity contribution in [1.29, 1.82) is 0 Å². The van der Waals surface area contributed by atoms with Crippen LogP contribution in [0.4, 0.5) is 5.69 Å². The fourth-order valence-corrected chi connectivity index (χ4v) is 4.27.